The molecule has 8 heteroatoms. The molecule has 0 bridgehead atoms. The van der Waals surface area contributed by atoms with Crippen LogP contribution in [0.1, 0.15) is 45.4 Å². The standard InChI is InChI=1S/C19H28N4O3S/c1-2-12-23-13-4-3-9-17(23)19(24)21-15-7-5-8-16(14-15)27(25,26)22-18-10-6-11-20-18/h5,7-8,14,17H,2-4,6,9-13H2,1H3,(H,20,22)(H,21,24). The summed E-state index contributed by atoms with van der Waals surface area (Å²) in [6.07, 6.45) is 5.51. The smallest absolute Gasteiger partial charge is 0.262 e. The Balaban J connectivity index is 1.70. The highest BCUT2D eigenvalue weighted by Crippen LogP contribution is 2.21. The van der Waals surface area contributed by atoms with Crippen molar-refractivity contribution in [2.24, 2.45) is 4.99 Å². The van der Waals surface area contributed by atoms with Gasteiger partial charge in [-0.1, -0.05) is 19.4 Å². The third-order valence-corrected chi connectivity index (χ3v) is 6.34. The van der Waals surface area contributed by atoms with E-state index in [0.29, 0.717) is 24.5 Å². The number of anilines is 1. The molecule has 0 saturated carbocycles. The molecule has 1 unspecified atom stereocenters. The minimum absolute atomic E-state index is 0.0641. The molecule has 27 heavy (non-hydrogen) atoms. The van der Waals surface area contributed by atoms with Gasteiger partial charge in [-0.15, -0.1) is 0 Å². The molecule has 1 amide bonds. The Kier molecular flexibility index (Phi) is 6.49. The van der Waals surface area contributed by atoms with Gasteiger partial charge in [0.1, 0.15) is 5.84 Å². The van der Waals surface area contributed by atoms with Crippen LogP contribution in [0.25, 0.3) is 0 Å². The van der Waals surface area contributed by atoms with Crippen molar-refractivity contribution in [3.8, 4) is 0 Å². The zero-order valence-electron chi connectivity index (χ0n) is 15.8. The fraction of sp³-hybridized carbons (Fsp3) is 0.579. The van der Waals surface area contributed by atoms with Gasteiger partial charge >= 0.3 is 0 Å². The van der Waals surface area contributed by atoms with E-state index in [4.69, 9.17) is 0 Å². The van der Waals surface area contributed by atoms with Gasteiger partial charge in [-0.25, -0.2) is 8.42 Å². The van der Waals surface area contributed by atoms with E-state index in [1.807, 2.05) is 0 Å². The van der Waals surface area contributed by atoms with Gasteiger partial charge in [-0.05, 0) is 57.0 Å². The molecule has 7 nitrogen and oxygen atoms in total. The van der Waals surface area contributed by atoms with E-state index in [1.165, 1.54) is 12.1 Å². The maximum atomic E-state index is 12.8. The molecule has 1 atom stereocenters. The van der Waals surface area contributed by atoms with Crippen molar-refractivity contribution in [1.29, 1.82) is 0 Å². The van der Waals surface area contributed by atoms with Gasteiger partial charge < -0.3 is 5.32 Å². The first-order valence-electron chi connectivity index (χ1n) is 9.71. The summed E-state index contributed by atoms with van der Waals surface area (Å²) in [5.74, 6) is 0.438. The molecule has 2 aliphatic heterocycles. The molecule has 1 fully saturated rings. The van der Waals surface area contributed by atoms with E-state index < -0.39 is 10.0 Å². The number of hydrogen-bond acceptors (Lipinski definition) is 5. The van der Waals surface area contributed by atoms with Crippen molar-refractivity contribution in [2.45, 2.75) is 56.4 Å². The van der Waals surface area contributed by atoms with Crippen LogP contribution in [0.4, 0.5) is 5.69 Å². The minimum atomic E-state index is -3.69. The zero-order chi connectivity index (χ0) is 19.3. The normalized spacial score (nSPS) is 20.9. The molecule has 0 aromatic heterocycles. The molecule has 1 saturated heterocycles. The van der Waals surface area contributed by atoms with Crippen LogP contribution in [0.15, 0.2) is 34.2 Å². The van der Waals surface area contributed by atoms with Gasteiger partial charge in [-0.2, -0.15) is 0 Å². The number of carbonyl (C=O) groups is 1. The van der Waals surface area contributed by atoms with Crippen LogP contribution >= 0.6 is 0 Å². The van der Waals surface area contributed by atoms with Gasteiger partial charge in [0.15, 0.2) is 0 Å². The number of nitrogens with zero attached hydrogens (tertiary/aromatic N) is 2. The number of amides is 1. The van der Waals surface area contributed by atoms with Crippen molar-refractivity contribution in [2.75, 3.05) is 25.0 Å². The van der Waals surface area contributed by atoms with Crippen molar-refractivity contribution >= 4 is 27.5 Å². The molecule has 1 aromatic rings. The van der Waals surface area contributed by atoms with Crippen molar-refractivity contribution in [1.82, 2.24) is 9.62 Å². The average Bonchev–Trinajstić information content (AvgIpc) is 3.15. The Labute approximate surface area is 161 Å². The lowest BCUT2D eigenvalue weighted by Gasteiger charge is -2.34. The average molecular weight is 393 g/mol. The van der Waals surface area contributed by atoms with E-state index >= 15 is 0 Å². The lowest BCUT2D eigenvalue weighted by atomic mass is 10.0. The Morgan fingerprint density at radius 3 is 2.89 bits per heavy atom. The molecule has 2 heterocycles. The first-order valence-corrected chi connectivity index (χ1v) is 11.2. The molecule has 0 radical (unpaired) electrons. The van der Waals surface area contributed by atoms with E-state index in [2.05, 4.69) is 26.9 Å². The predicted molar refractivity (Wildman–Crippen MR) is 106 cm³/mol. The summed E-state index contributed by atoms with van der Waals surface area (Å²) in [4.78, 5) is 19.3. The van der Waals surface area contributed by atoms with Crippen molar-refractivity contribution < 1.29 is 13.2 Å². The maximum absolute atomic E-state index is 12.8. The van der Waals surface area contributed by atoms with Crippen LogP contribution < -0.4 is 10.0 Å². The first-order chi connectivity index (χ1) is 13.0. The van der Waals surface area contributed by atoms with Gasteiger partial charge in [-0.3, -0.25) is 19.4 Å². The summed E-state index contributed by atoms with van der Waals surface area (Å²) >= 11 is 0. The van der Waals surface area contributed by atoms with Gasteiger partial charge in [0, 0.05) is 18.7 Å². The topological polar surface area (TPSA) is 90.9 Å². The summed E-state index contributed by atoms with van der Waals surface area (Å²) in [5, 5.41) is 2.90. The lowest BCUT2D eigenvalue weighted by molar-refractivity contribution is -0.122. The number of nitrogens with one attached hydrogen (secondary N) is 2. The quantitative estimate of drug-likeness (QED) is 0.777. The molecular weight excluding hydrogens is 364 g/mol. The molecule has 2 N–H and O–H groups in total. The number of piperidine rings is 1. The molecule has 3 rings (SSSR count). The van der Waals surface area contributed by atoms with E-state index in [0.717, 1.165) is 45.2 Å². The number of sulfonamides is 1. The Bertz CT molecular complexity index is 805. The molecule has 0 spiro atoms. The Morgan fingerprint density at radius 2 is 2.15 bits per heavy atom. The summed E-state index contributed by atoms with van der Waals surface area (Å²) in [6.45, 7) is 4.61. The number of hydrogen-bond donors (Lipinski definition) is 2. The zero-order valence-corrected chi connectivity index (χ0v) is 16.6. The second-order valence-corrected chi connectivity index (χ2v) is 8.78. The number of benzene rings is 1. The fourth-order valence-corrected chi connectivity index (χ4v) is 4.78. The fourth-order valence-electron chi connectivity index (χ4n) is 3.65. The summed E-state index contributed by atoms with van der Waals surface area (Å²) in [6, 6.07) is 6.24. The molecular formula is C19H28N4O3S. The van der Waals surface area contributed by atoms with E-state index in [-0.39, 0.29) is 16.8 Å². The number of aliphatic imine (C=N–C) groups is 1. The highest BCUT2D eigenvalue weighted by molar-refractivity contribution is 7.90. The highest BCUT2D eigenvalue weighted by atomic mass is 32.2. The third-order valence-electron chi connectivity index (χ3n) is 4.97. The number of likely N-dealkylation sites (tertiary alicyclic amines) is 1. The SMILES string of the molecule is CCCN1CCCCC1C(=O)Nc1cccc(S(=O)(=O)NC2=NCCC2)c1. The van der Waals surface area contributed by atoms with Crippen molar-refractivity contribution in [3.63, 3.8) is 0 Å². The maximum Gasteiger partial charge on any atom is 0.262 e. The molecule has 0 aliphatic carbocycles. The predicted octanol–water partition coefficient (Wildman–Crippen LogP) is 2.36. The van der Waals surface area contributed by atoms with Crippen LogP contribution in [0.3, 0.4) is 0 Å². The van der Waals surface area contributed by atoms with Gasteiger partial charge in [0.05, 0.1) is 10.9 Å². The summed E-state index contributed by atoms with van der Waals surface area (Å²) in [7, 11) is -3.69. The summed E-state index contributed by atoms with van der Waals surface area (Å²) in [5.41, 5.74) is 0.498. The highest BCUT2D eigenvalue weighted by Gasteiger charge is 2.28. The Morgan fingerprint density at radius 1 is 1.30 bits per heavy atom. The third kappa shape index (κ3) is 5.07. The first kappa shape index (κ1) is 19.8. The van der Waals surface area contributed by atoms with Crippen LogP contribution in [-0.2, 0) is 14.8 Å². The Hall–Kier alpha value is -1.93. The van der Waals surface area contributed by atoms with Gasteiger partial charge in [0.25, 0.3) is 10.0 Å². The lowest BCUT2D eigenvalue weighted by Crippen LogP contribution is -2.47. The van der Waals surface area contributed by atoms with Crippen LogP contribution in [0.2, 0.25) is 0 Å². The monoisotopic (exact) mass is 392 g/mol. The molecule has 148 valence electrons. The summed E-state index contributed by atoms with van der Waals surface area (Å²) < 4.78 is 27.6. The van der Waals surface area contributed by atoms with Crippen LogP contribution in [0.5, 0.6) is 0 Å². The number of rotatable bonds is 6. The minimum Gasteiger partial charge on any atom is -0.325 e. The second kappa shape index (κ2) is 8.84. The molecule has 2 aliphatic rings. The van der Waals surface area contributed by atoms with Gasteiger partial charge in [0.2, 0.25) is 5.91 Å². The number of carbonyl (C=O) groups excluding carboxylic acids is 1. The molecule has 1 aromatic carbocycles. The van der Waals surface area contributed by atoms with E-state index in [9.17, 15) is 13.2 Å². The number of amidine groups is 1. The van der Waals surface area contributed by atoms with Crippen LogP contribution in [0, 0.1) is 0 Å². The van der Waals surface area contributed by atoms with E-state index in [1.54, 1.807) is 12.1 Å². The largest absolute Gasteiger partial charge is 0.325 e. The van der Waals surface area contributed by atoms with Crippen molar-refractivity contribution in [3.05, 3.63) is 24.3 Å². The van der Waals surface area contributed by atoms with Crippen LogP contribution in [-0.4, -0.2) is 50.7 Å². The second-order valence-electron chi connectivity index (χ2n) is 7.10.